The molecule has 1 atom stereocenters. The highest BCUT2D eigenvalue weighted by molar-refractivity contribution is 5.75. The molecule has 1 saturated carbocycles. The van der Waals surface area contributed by atoms with Gasteiger partial charge >= 0.3 is 6.03 Å². The fraction of sp³-hybridized carbons (Fsp3) is 0.611. The normalized spacial score (nSPS) is 28.6. The Bertz CT molecular complexity index is 524. The fourth-order valence-corrected chi connectivity index (χ4v) is 3.71. The van der Waals surface area contributed by atoms with Crippen LogP contribution in [0.3, 0.4) is 0 Å². The van der Waals surface area contributed by atoms with Crippen molar-refractivity contribution in [2.45, 2.75) is 63.6 Å². The van der Waals surface area contributed by atoms with Gasteiger partial charge in [0.25, 0.3) is 0 Å². The number of aliphatic hydroxyl groups excluding tert-OH is 1. The Balaban J connectivity index is 1.64. The molecule has 2 amide bonds. The third-order valence-electron chi connectivity index (χ3n) is 4.96. The number of carbonyl (C=O) groups is 1. The van der Waals surface area contributed by atoms with E-state index >= 15 is 0 Å². The number of hydrogen-bond acceptors (Lipinski definition) is 2. The van der Waals surface area contributed by atoms with Crippen LogP contribution in [0.4, 0.5) is 4.79 Å². The van der Waals surface area contributed by atoms with Gasteiger partial charge in [0.2, 0.25) is 0 Å². The molecule has 1 heterocycles. The van der Waals surface area contributed by atoms with Crippen LogP contribution in [0, 0.1) is 6.92 Å². The van der Waals surface area contributed by atoms with Crippen molar-refractivity contribution in [2.75, 3.05) is 6.54 Å². The summed E-state index contributed by atoms with van der Waals surface area (Å²) in [6.45, 7) is 2.93. The van der Waals surface area contributed by atoms with E-state index in [0.717, 1.165) is 45.1 Å². The summed E-state index contributed by atoms with van der Waals surface area (Å²) < 4.78 is 0. The molecule has 2 aliphatic rings. The lowest BCUT2D eigenvalue weighted by Gasteiger charge is -2.31. The fourth-order valence-electron chi connectivity index (χ4n) is 3.71. The second-order valence-electron chi connectivity index (χ2n) is 6.72. The molecule has 1 saturated heterocycles. The van der Waals surface area contributed by atoms with E-state index in [1.54, 1.807) is 0 Å². The van der Waals surface area contributed by atoms with Crippen molar-refractivity contribution in [3.63, 3.8) is 0 Å². The SMILES string of the molecule is Cc1cccc(C2CCCN2C(=O)NC2CCC(O)CC2)c1. The molecule has 0 bridgehead atoms. The molecular formula is C18H26N2O2. The summed E-state index contributed by atoms with van der Waals surface area (Å²) in [6.07, 6.45) is 5.29. The Morgan fingerprint density at radius 2 is 2.00 bits per heavy atom. The molecule has 120 valence electrons. The number of likely N-dealkylation sites (tertiary alicyclic amines) is 1. The standard InChI is InChI=1S/C18H26N2O2/c1-13-4-2-5-14(12-13)17-6-3-11-20(17)18(22)19-15-7-9-16(21)10-8-15/h2,4-5,12,15-17,21H,3,6-11H2,1H3,(H,19,22). The molecular weight excluding hydrogens is 276 g/mol. The molecule has 1 aromatic rings. The zero-order valence-corrected chi connectivity index (χ0v) is 13.3. The van der Waals surface area contributed by atoms with Gasteiger partial charge in [-0.05, 0) is 51.0 Å². The van der Waals surface area contributed by atoms with E-state index in [2.05, 4.69) is 36.5 Å². The lowest BCUT2D eigenvalue weighted by atomic mass is 9.93. The minimum atomic E-state index is -0.181. The van der Waals surface area contributed by atoms with Gasteiger partial charge in [0, 0.05) is 12.6 Å². The molecule has 1 unspecified atom stereocenters. The maximum Gasteiger partial charge on any atom is 0.318 e. The Kier molecular flexibility index (Phi) is 4.67. The first kappa shape index (κ1) is 15.3. The predicted octanol–water partition coefficient (Wildman–Crippen LogP) is 3.15. The first-order chi connectivity index (χ1) is 10.6. The molecule has 1 aliphatic heterocycles. The molecule has 1 aliphatic carbocycles. The van der Waals surface area contributed by atoms with Gasteiger partial charge in [0.15, 0.2) is 0 Å². The largest absolute Gasteiger partial charge is 0.393 e. The minimum absolute atomic E-state index is 0.0606. The number of amides is 2. The Morgan fingerprint density at radius 1 is 1.23 bits per heavy atom. The van der Waals surface area contributed by atoms with E-state index in [9.17, 15) is 9.90 Å². The van der Waals surface area contributed by atoms with E-state index in [1.807, 2.05) is 4.90 Å². The monoisotopic (exact) mass is 302 g/mol. The number of urea groups is 1. The molecule has 0 radical (unpaired) electrons. The molecule has 3 rings (SSSR count). The van der Waals surface area contributed by atoms with Crippen LogP contribution in [0.25, 0.3) is 0 Å². The number of nitrogens with zero attached hydrogens (tertiary/aromatic N) is 1. The number of benzene rings is 1. The van der Waals surface area contributed by atoms with Gasteiger partial charge in [-0.1, -0.05) is 29.8 Å². The zero-order valence-electron chi connectivity index (χ0n) is 13.3. The number of nitrogens with one attached hydrogen (secondary N) is 1. The highest BCUT2D eigenvalue weighted by Gasteiger charge is 2.31. The average molecular weight is 302 g/mol. The van der Waals surface area contributed by atoms with Gasteiger partial charge in [-0.25, -0.2) is 4.79 Å². The second-order valence-corrected chi connectivity index (χ2v) is 6.72. The van der Waals surface area contributed by atoms with Crippen molar-refractivity contribution in [1.82, 2.24) is 10.2 Å². The van der Waals surface area contributed by atoms with Gasteiger partial charge < -0.3 is 15.3 Å². The van der Waals surface area contributed by atoms with Gasteiger partial charge in [-0.2, -0.15) is 0 Å². The van der Waals surface area contributed by atoms with Crippen molar-refractivity contribution in [2.24, 2.45) is 0 Å². The van der Waals surface area contributed by atoms with Crippen LogP contribution in [0.5, 0.6) is 0 Å². The Labute approximate surface area is 132 Å². The molecule has 0 spiro atoms. The van der Waals surface area contributed by atoms with Crippen LogP contribution < -0.4 is 5.32 Å². The third-order valence-corrected chi connectivity index (χ3v) is 4.96. The molecule has 2 N–H and O–H groups in total. The van der Waals surface area contributed by atoms with Gasteiger partial charge in [0.05, 0.1) is 12.1 Å². The molecule has 22 heavy (non-hydrogen) atoms. The summed E-state index contributed by atoms with van der Waals surface area (Å²) in [5.74, 6) is 0. The topological polar surface area (TPSA) is 52.6 Å². The van der Waals surface area contributed by atoms with Gasteiger partial charge in [-0.15, -0.1) is 0 Å². The van der Waals surface area contributed by atoms with Gasteiger partial charge in [0.1, 0.15) is 0 Å². The highest BCUT2D eigenvalue weighted by Crippen LogP contribution is 2.32. The molecule has 0 aromatic heterocycles. The summed E-state index contributed by atoms with van der Waals surface area (Å²) in [5.41, 5.74) is 2.48. The number of aryl methyl sites for hydroxylation is 1. The third kappa shape index (κ3) is 3.43. The highest BCUT2D eigenvalue weighted by atomic mass is 16.3. The maximum atomic E-state index is 12.6. The molecule has 4 heteroatoms. The molecule has 1 aromatic carbocycles. The average Bonchev–Trinajstić information content (AvgIpc) is 2.99. The first-order valence-corrected chi connectivity index (χ1v) is 8.45. The molecule has 4 nitrogen and oxygen atoms in total. The quantitative estimate of drug-likeness (QED) is 0.882. The number of aliphatic hydroxyl groups is 1. The zero-order chi connectivity index (χ0) is 15.5. The van der Waals surface area contributed by atoms with Crippen molar-refractivity contribution in [1.29, 1.82) is 0 Å². The van der Waals surface area contributed by atoms with Crippen molar-refractivity contribution < 1.29 is 9.90 Å². The summed E-state index contributed by atoms with van der Waals surface area (Å²) in [5, 5.41) is 12.7. The van der Waals surface area contributed by atoms with Crippen LogP contribution in [0.2, 0.25) is 0 Å². The predicted molar refractivity (Wildman–Crippen MR) is 86.7 cm³/mol. The van der Waals surface area contributed by atoms with Crippen LogP contribution in [-0.2, 0) is 0 Å². The Hall–Kier alpha value is -1.55. The van der Waals surface area contributed by atoms with Gasteiger partial charge in [-0.3, -0.25) is 0 Å². The number of rotatable bonds is 2. The van der Waals surface area contributed by atoms with Crippen LogP contribution in [0.15, 0.2) is 24.3 Å². The smallest absolute Gasteiger partial charge is 0.318 e. The van der Waals surface area contributed by atoms with E-state index in [0.29, 0.717) is 0 Å². The van der Waals surface area contributed by atoms with Crippen LogP contribution in [-0.4, -0.2) is 34.7 Å². The molecule has 2 fully saturated rings. The van der Waals surface area contributed by atoms with E-state index in [-0.39, 0.29) is 24.2 Å². The summed E-state index contributed by atoms with van der Waals surface area (Å²) in [7, 11) is 0. The lowest BCUT2D eigenvalue weighted by molar-refractivity contribution is 0.114. The van der Waals surface area contributed by atoms with Crippen molar-refractivity contribution in [3.05, 3.63) is 35.4 Å². The summed E-state index contributed by atoms with van der Waals surface area (Å²) >= 11 is 0. The van der Waals surface area contributed by atoms with E-state index < -0.39 is 0 Å². The summed E-state index contributed by atoms with van der Waals surface area (Å²) in [6, 6.07) is 8.96. The second kappa shape index (κ2) is 6.69. The van der Waals surface area contributed by atoms with Crippen molar-refractivity contribution >= 4 is 6.03 Å². The lowest BCUT2D eigenvalue weighted by Crippen LogP contribution is -2.46. The minimum Gasteiger partial charge on any atom is -0.393 e. The van der Waals surface area contributed by atoms with E-state index in [4.69, 9.17) is 0 Å². The first-order valence-electron chi connectivity index (χ1n) is 8.45. The van der Waals surface area contributed by atoms with Crippen LogP contribution in [0.1, 0.15) is 55.7 Å². The number of hydrogen-bond donors (Lipinski definition) is 2. The summed E-state index contributed by atoms with van der Waals surface area (Å²) in [4.78, 5) is 14.6. The van der Waals surface area contributed by atoms with Crippen LogP contribution >= 0.6 is 0 Å². The number of carbonyl (C=O) groups excluding carboxylic acids is 1. The maximum absolute atomic E-state index is 12.6. The van der Waals surface area contributed by atoms with Crippen molar-refractivity contribution in [3.8, 4) is 0 Å². The Morgan fingerprint density at radius 3 is 2.73 bits per heavy atom. The van der Waals surface area contributed by atoms with E-state index in [1.165, 1.54) is 11.1 Å².